The average molecular weight is 1030 g/mol. The quantitative estimate of drug-likeness (QED) is 0.104. The first-order valence-electron chi connectivity index (χ1n) is 22.8. The van der Waals surface area contributed by atoms with Gasteiger partial charge < -0.3 is 19.3 Å². The van der Waals surface area contributed by atoms with Gasteiger partial charge in [-0.2, -0.15) is 23.5 Å². The molecule has 364 valence electrons. The van der Waals surface area contributed by atoms with Gasteiger partial charge in [-0.25, -0.2) is 0 Å². The van der Waals surface area contributed by atoms with E-state index in [2.05, 4.69) is 78.3 Å². The van der Waals surface area contributed by atoms with Crippen LogP contribution in [0.3, 0.4) is 0 Å². The van der Waals surface area contributed by atoms with E-state index < -0.39 is 12.2 Å². The smallest absolute Gasteiger partial charge is 0.252 e. The van der Waals surface area contributed by atoms with Crippen molar-refractivity contribution in [2.24, 2.45) is 0 Å². The van der Waals surface area contributed by atoms with Crippen LogP contribution in [0.2, 0.25) is 20.1 Å². The van der Waals surface area contributed by atoms with Gasteiger partial charge in [0.05, 0.1) is 12.1 Å². The molecule has 2 amide bonds. The van der Waals surface area contributed by atoms with Crippen LogP contribution < -0.4 is 0 Å². The highest BCUT2D eigenvalue weighted by atomic mass is 35.5. The third kappa shape index (κ3) is 15.5. The number of rotatable bonds is 16. The molecule has 4 aromatic carbocycles. The van der Waals surface area contributed by atoms with Crippen molar-refractivity contribution in [3.8, 4) is 0 Å². The number of ether oxygens (including phenoxy) is 2. The number of halogens is 4. The second-order valence-electron chi connectivity index (χ2n) is 18.7. The Morgan fingerprint density at radius 1 is 0.567 bits per heavy atom. The van der Waals surface area contributed by atoms with Crippen LogP contribution in [0, 0.1) is 0 Å². The Morgan fingerprint density at radius 3 is 1.19 bits per heavy atom. The first kappa shape index (κ1) is 56.7. The maximum Gasteiger partial charge on any atom is 0.252 e. The topological polar surface area (TPSA) is 59.1 Å². The van der Waals surface area contributed by atoms with Crippen molar-refractivity contribution in [2.75, 3.05) is 11.5 Å². The van der Waals surface area contributed by atoms with Crippen molar-refractivity contribution in [1.82, 2.24) is 9.80 Å². The zero-order valence-electron chi connectivity index (χ0n) is 39.5. The van der Waals surface area contributed by atoms with Gasteiger partial charge in [-0.1, -0.05) is 170 Å². The molecule has 0 bridgehead atoms. The number of hydrogen-bond donors (Lipinski definition) is 0. The van der Waals surface area contributed by atoms with Crippen LogP contribution >= 0.6 is 69.9 Å². The van der Waals surface area contributed by atoms with E-state index in [0.29, 0.717) is 32.9 Å². The highest BCUT2D eigenvalue weighted by Crippen LogP contribution is 2.47. The first-order valence-corrected chi connectivity index (χ1v) is 26.2. The zero-order chi connectivity index (χ0) is 48.3. The van der Waals surface area contributed by atoms with Crippen molar-refractivity contribution in [1.29, 1.82) is 0 Å². The molecule has 2 aliphatic heterocycles. The predicted molar refractivity (Wildman–Crippen MR) is 289 cm³/mol. The lowest BCUT2D eigenvalue weighted by Crippen LogP contribution is -2.55. The lowest BCUT2D eigenvalue weighted by molar-refractivity contribution is -0.178. The van der Waals surface area contributed by atoms with Crippen molar-refractivity contribution in [2.45, 2.75) is 147 Å². The Kier molecular flexibility index (Phi) is 21.8. The summed E-state index contributed by atoms with van der Waals surface area (Å²) in [4.78, 5) is 31.8. The number of carbonyl (C=O) groups is 2. The van der Waals surface area contributed by atoms with E-state index in [1.54, 1.807) is 12.2 Å². The summed E-state index contributed by atoms with van der Waals surface area (Å²) < 4.78 is 13.2. The zero-order valence-corrected chi connectivity index (χ0v) is 44.2. The predicted octanol–water partition coefficient (Wildman–Crippen LogP) is 16.4. The molecule has 2 saturated heterocycles. The van der Waals surface area contributed by atoms with E-state index in [1.807, 2.05) is 121 Å². The van der Waals surface area contributed by atoms with Crippen LogP contribution in [0.5, 0.6) is 0 Å². The SMILES string of the molecule is C.C=CC[C@@H]1O[C@H](c2cccc(Cl)c2)[C@@H](c2ccc(Cl)cc2)N([C@@H](CC)CSC(C)(C)C)C1=O.C=CC[C@H]1O[C@H](c2cccc(Cl)c2)[C@@H](c2ccc(Cl)cc2)N([C@@H](CC)CSC(C)(C)C)C1=O. The van der Waals surface area contributed by atoms with Gasteiger partial charge in [-0.3, -0.25) is 9.59 Å². The monoisotopic (exact) mass is 1030 g/mol. The van der Waals surface area contributed by atoms with E-state index in [4.69, 9.17) is 55.9 Å². The second kappa shape index (κ2) is 25.8. The molecule has 6 nitrogen and oxygen atoms in total. The molecule has 0 aliphatic carbocycles. The molecule has 0 spiro atoms. The number of morpholine rings is 2. The Bertz CT molecular complexity index is 2070. The standard InChI is InChI=1S/2C27H33Cl2NO2S.CH4/c2*1-6-9-23-26(31)30(22(7-2)17-33-27(3,4)5)24(18-12-14-20(28)15-13-18)25(32-23)19-10-8-11-21(29)16-19;/h2*6,8,10-16,22-25H,1,7,9,17H2,2-5H3;1H4/t22-,23+,24+,25+;22-,23-,24+,25+;/m00./s1. The van der Waals surface area contributed by atoms with Crippen LogP contribution in [0.25, 0.3) is 0 Å². The Balaban J connectivity index is 0.000000288. The summed E-state index contributed by atoms with van der Waals surface area (Å²) in [6.45, 7) is 25.2. The summed E-state index contributed by atoms with van der Waals surface area (Å²) in [7, 11) is 0. The van der Waals surface area contributed by atoms with Crippen LogP contribution in [-0.2, 0) is 19.1 Å². The molecule has 2 heterocycles. The second-order valence-corrected chi connectivity index (χ2v) is 24.1. The Morgan fingerprint density at radius 2 is 0.910 bits per heavy atom. The number of hydrogen-bond acceptors (Lipinski definition) is 6. The fourth-order valence-electron chi connectivity index (χ4n) is 8.31. The molecule has 12 heteroatoms. The van der Waals surface area contributed by atoms with Crippen molar-refractivity contribution in [3.63, 3.8) is 0 Å². The van der Waals surface area contributed by atoms with E-state index in [-0.39, 0.29) is 65.1 Å². The van der Waals surface area contributed by atoms with Crippen molar-refractivity contribution in [3.05, 3.63) is 165 Å². The molecule has 67 heavy (non-hydrogen) atoms. The summed E-state index contributed by atoms with van der Waals surface area (Å²) in [6, 6.07) is 30.4. The van der Waals surface area contributed by atoms with E-state index in [9.17, 15) is 9.59 Å². The minimum atomic E-state index is -0.580. The van der Waals surface area contributed by atoms with Gasteiger partial charge in [0.2, 0.25) is 0 Å². The maximum atomic E-state index is 13.8. The van der Waals surface area contributed by atoms with Crippen molar-refractivity contribution >= 4 is 81.7 Å². The van der Waals surface area contributed by atoms with E-state index >= 15 is 0 Å². The lowest BCUT2D eigenvalue weighted by Gasteiger charge is -2.48. The van der Waals surface area contributed by atoms with Crippen LogP contribution in [0.15, 0.2) is 122 Å². The molecule has 2 fully saturated rings. The van der Waals surface area contributed by atoms with Crippen LogP contribution in [0.4, 0.5) is 0 Å². The number of thioether (sulfide) groups is 2. The molecule has 6 rings (SSSR count). The van der Waals surface area contributed by atoms with Gasteiger partial charge in [0, 0.05) is 66.0 Å². The van der Waals surface area contributed by atoms with E-state index in [1.165, 1.54) is 0 Å². The molecular weight excluding hydrogens is 959 g/mol. The largest absolute Gasteiger partial charge is 0.358 e. The number of benzene rings is 4. The molecule has 0 N–H and O–H groups in total. The van der Waals surface area contributed by atoms with Gasteiger partial charge in [-0.05, 0) is 83.6 Å². The third-order valence-corrected chi connectivity index (χ3v) is 15.3. The maximum absolute atomic E-state index is 13.8. The van der Waals surface area contributed by atoms with Crippen LogP contribution in [-0.4, -0.2) is 66.9 Å². The number of nitrogens with zero attached hydrogens (tertiary/aromatic N) is 2. The van der Waals surface area contributed by atoms with Gasteiger partial charge >= 0.3 is 0 Å². The van der Waals surface area contributed by atoms with Gasteiger partial charge in [0.1, 0.15) is 24.4 Å². The highest BCUT2D eigenvalue weighted by Gasteiger charge is 2.48. The first-order chi connectivity index (χ1) is 31.3. The highest BCUT2D eigenvalue weighted by molar-refractivity contribution is 8.00. The normalized spacial score (nSPS) is 22.0. The summed E-state index contributed by atoms with van der Waals surface area (Å²) in [6.07, 6.45) is 4.25. The van der Waals surface area contributed by atoms with Crippen molar-refractivity contribution < 1.29 is 19.1 Å². The summed E-state index contributed by atoms with van der Waals surface area (Å²) in [5.41, 5.74) is 3.89. The molecule has 0 saturated carbocycles. The molecule has 0 unspecified atom stereocenters. The molecular formula is C55H70Cl4N2O4S2. The number of carbonyl (C=O) groups excluding carboxylic acids is 2. The third-order valence-electron chi connectivity index (χ3n) is 11.5. The summed E-state index contributed by atoms with van der Waals surface area (Å²) in [5.74, 6) is 1.71. The molecule has 0 radical (unpaired) electrons. The minimum absolute atomic E-state index is 0. The average Bonchev–Trinajstić information content (AvgIpc) is 3.26. The summed E-state index contributed by atoms with van der Waals surface area (Å²) in [5, 5.41) is 2.61. The number of amides is 2. The molecule has 0 aromatic heterocycles. The fraction of sp³-hybridized carbons (Fsp3) is 0.455. The fourth-order valence-corrected chi connectivity index (χ4v) is 11.1. The Labute approximate surface area is 430 Å². The van der Waals surface area contributed by atoms with Crippen LogP contribution in [0.1, 0.15) is 135 Å². The van der Waals surface area contributed by atoms with E-state index in [0.717, 1.165) is 46.6 Å². The van der Waals surface area contributed by atoms with Gasteiger partial charge in [-0.15, -0.1) is 13.2 Å². The Hall–Kier alpha value is -2.92. The molecule has 8 atom stereocenters. The minimum Gasteiger partial charge on any atom is -0.358 e. The molecule has 2 aliphatic rings. The van der Waals surface area contributed by atoms with Gasteiger partial charge in [0.25, 0.3) is 11.8 Å². The molecule has 4 aromatic rings. The van der Waals surface area contributed by atoms with Gasteiger partial charge in [0.15, 0.2) is 0 Å². The lowest BCUT2D eigenvalue weighted by atomic mass is 9.89. The summed E-state index contributed by atoms with van der Waals surface area (Å²) >= 11 is 28.9.